The molecule has 1 saturated heterocycles. The standard InChI is InChI=1S/C25H27ClN6O4S/c1-15-4-6-18(7-5-15)37(35,36)32-22(20-14-30(3)29-16(20)2)12-19-23(21(26)13-27-24(19)32)28-17-8-10-31(11-9-17)25(33)34/h4-7,12-14,17H,8-11H2,1-3H3,(H,27,28)(H,33,34). The summed E-state index contributed by atoms with van der Waals surface area (Å²) in [6.07, 6.45) is 3.49. The first-order valence-electron chi connectivity index (χ1n) is 11.8. The van der Waals surface area contributed by atoms with E-state index in [4.69, 9.17) is 11.6 Å². The van der Waals surface area contributed by atoms with Crippen LogP contribution in [0.5, 0.6) is 0 Å². The molecule has 4 heterocycles. The van der Waals surface area contributed by atoms with E-state index in [1.165, 1.54) is 15.1 Å². The Morgan fingerprint density at radius 2 is 1.84 bits per heavy atom. The van der Waals surface area contributed by atoms with E-state index in [9.17, 15) is 18.3 Å². The van der Waals surface area contributed by atoms with Crippen molar-refractivity contribution in [3.8, 4) is 11.3 Å². The van der Waals surface area contributed by atoms with Crippen LogP contribution in [0, 0.1) is 13.8 Å². The fourth-order valence-corrected chi connectivity index (χ4v) is 6.44. The molecule has 3 aromatic heterocycles. The number of carbonyl (C=O) groups is 1. The smallest absolute Gasteiger partial charge is 0.407 e. The van der Waals surface area contributed by atoms with Gasteiger partial charge in [0.15, 0.2) is 5.65 Å². The average Bonchev–Trinajstić information content (AvgIpc) is 3.41. The molecule has 194 valence electrons. The predicted molar refractivity (Wildman–Crippen MR) is 142 cm³/mol. The number of hydrogen-bond acceptors (Lipinski definition) is 6. The molecule has 1 aliphatic rings. The molecule has 0 atom stereocenters. The van der Waals surface area contributed by atoms with E-state index in [2.05, 4.69) is 15.4 Å². The normalized spacial score (nSPS) is 14.9. The van der Waals surface area contributed by atoms with Crippen molar-refractivity contribution in [3.05, 3.63) is 59.0 Å². The van der Waals surface area contributed by atoms with Gasteiger partial charge in [-0.2, -0.15) is 5.10 Å². The number of piperidine rings is 1. The number of anilines is 1. The molecule has 0 saturated carbocycles. The minimum absolute atomic E-state index is 0.0284. The Hall–Kier alpha value is -3.57. The van der Waals surface area contributed by atoms with Gasteiger partial charge in [-0.25, -0.2) is 22.2 Å². The lowest BCUT2D eigenvalue weighted by atomic mass is 10.0. The van der Waals surface area contributed by atoms with Gasteiger partial charge in [0.25, 0.3) is 10.0 Å². The number of halogens is 1. The number of carboxylic acid groups (broad SMARTS) is 1. The summed E-state index contributed by atoms with van der Waals surface area (Å²) in [5.41, 5.74) is 3.53. The monoisotopic (exact) mass is 542 g/mol. The van der Waals surface area contributed by atoms with Crippen molar-refractivity contribution in [3.63, 3.8) is 0 Å². The van der Waals surface area contributed by atoms with Crippen molar-refractivity contribution < 1.29 is 18.3 Å². The Morgan fingerprint density at radius 1 is 1.16 bits per heavy atom. The molecule has 1 fully saturated rings. The molecule has 1 aliphatic heterocycles. The Balaban J connectivity index is 1.68. The maximum absolute atomic E-state index is 14.0. The van der Waals surface area contributed by atoms with Gasteiger partial charge in [0, 0.05) is 43.3 Å². The molecule has 0 unspecified atom stereocenters. The van der Waals surface area contributed by atoms with Crippen LogP contribution in [0.1, 0.15) is 24.1 Å². The molecule has 0 radical (unpaired) electrons. The fraction of sp³-hybridized carbons (Fsp3) is 0.320. The number of nitrogens with one attached hydrogen (secondary N) is 1. The Kier molecular flexibility index (Phi) is 6.36. The predicted octanol–water partition coefficient (Wildman–Crippen LogP) is 4.50. The highest BCUT2D eigenvalue weighted by Crippen LogP contribution is 2.39. The van der Waals surface area contributed by atoms with Crippen molar-refractivity contribution >= 4 is 44.4 Å². The first-order chi connectivity index (χ1) is 17.6. The summed E-state index contributed by atoms with van der Waals surface area (Å²) in [5.74, 6) is 0. The van der Waals surface area contributed by atoms with E-state index in [-0.39, 0.29) is 16.6 Å². The van der Waals surface area contributed by atoms with E-state index in [0.717, 1.165) is 5.56 Å². The maximum Gasteiger partial charge on any atom is 0.407 e. The molecule has 5 rings (SSSR count). The third-order valence-electron chi connectivity index (χ3n) is 6.70. The summed E-state index contributed by atoms with van der Waals surface area (Å²) < 4.78 is 30.9. The summed E-state index contributed by atoms with van der Waals surface area (Å²) in [6, 6.07) is 8.43. The summed E-state index contributed by atoms with van der Waals surface area (Å²) in [4.78, 5) is 17.3. The van der Waals surface area contributed by atoms with Crippen LogP contribution >= 0.6 is 11.6 Å². The van der Waals surface area contributed by atoms with Crippen molar-refractivity contribution in [1.82, 2.24) is 23.6 Å². The molecule has 37 heavy (non-hydrogen) atoms. The van der Waals surface area contributed by atoms with Crippen LogP contribution in [0.2, 0.25) is 5.02 Å². The molecule has 4 aromatic rings. The van der Waals surface area contributed by atoms with Crippen molar-refractivity contribution in [2.24, 2.45) is 7.05 Å². The average molecular weight is 543 g/mol. The van der Waals surface area contributed by atoms with E-state index >= 15 is 0 Å². The molecular formula is C25H27ClN6O4S. The lowest BCUT2D eigenvalue weighted by Crippen LogP contribution is -2.41. The number of nitrogens with zero attached hydrogens (tertiary/aromatic N) is 5. The molecular weight excluding hydrogens is 516 g/mol. The third-order valence-corrected chi connectivity index (χ3v) is 8.71. The van der Waals surface area contributed by atoms with Gasteiger partial charge in [-0.1, -0.05) is 29.3 Å². The summed E-state index contributed by atoms with van der Waals surface area (Å²) in [5, 5.41) is 18.0. The number of pyridine rings is 1. The molecule has 12 heteroatoms. The second-order valence-electron chi connectivity index (χ2n) is 9.32. The highest BCUT2D eigenvalue weighted by Gasteiger charge is 2.29. The van der Waals surface area contributed by atoms with Crippen molar-refractivity contribution in [1.29, 1.82) is 0 Å². The fourth-order valence-electron chi connectivity index (χ4n) is 4.76. The zero-order valence-corrected chi connectivity index (χ0v) is 22.2. The molecule has 0 bridgehead atoms. The van der Waals surface area contributed by atoms with Crippen LogP contribution < -0.4 is 5.32 Å². The maximum atomic E-state index is 14.0. The lowest BCUT2D eigenvalue weighted by molar-refractivity contribution is 0.134. The molecule has 0 spiro atoms. The second kappa shape index (κ2) is 9.38. The first-order valence-corrected chi connectivity index (χ1v) is 13.7. The molecule has 10 nitrogen and oxygen atoms in total. The van der Waals surface area contributed by atoms with E-state index in [1.54, 1.807) is 48.3 Å². The summed E-state index contributed by atoms with van der Waals surface area (Å²) in [7, 11) is -2.25. The van der Waals surface area contributed by atoms with Crippen LogP contribution in [0.4, 0.5) is 10.5 Å². The minimum Gasteiger partial charge on any atom is -0.465 e. The topological polar surface area (TPSA) is 122 Å². The highest BCUT2D eigenvalue weighted by molar-refractivity contribution is 7.90. The Labute approximate surface area is 219 Å². The number of aryl methyl sites for hydroxylation is 3. The van der Waals surface area contributed by atoms with Gasteiger partial charge in [-0.15, -0.1) is 0 Å². The van der Waals surface area contributed by atoms with E-state index < -0.39 is 16.1 Å². The zero-order chi connectivity index (χ0) is 26.5. The molecule has 1 aromatic carbocycles. The largest absolute Gasteiger partial charge is 0.465 e. The van der Waals surface area contributed by atoms with Gasteiger partial charge in [0.2, 0.25) is 0 Å². The van der Waals surface area contributed by atoms with Gasteiger partial charge >= 0.3 is 6.09 Å². The number of aromatic nitrogens is 4. The zero-order valence-electron chi connectivity index (χ0n) is 20.6. The number of likely N-dealkylation sites (tertiary alicyclic amines) is 1. The van der Waals surface area contributed by atoms with Gasteiger partial charge in [-0.05, 0) is 44.9 Å². The molecule has 1 amide bonds. The van der Waals surface area contributed by atoms with Crippen molar-refractivity contribution in [2.75, 3.05) is 18.4 Å². The van der Waals surface area contributed by atoms with Crippen LogP contribution in [-0.4, -0.2) is 62.4 Å². The number of hydrogen-bond donors (Lipinski definition) is 2. The Morgan fingerprint density at radius 3 is 2.43 bits per heavy atom. The summed E-state index contributed by atoms with van der Waals surface area (Å²) in [6.45, 7) is 4.53. The van der Waals surface area contributed by atoms with Crippen molar-refractivity contribution in [2.45, 2.75) is 37.6 Å². The lowest BCUT2D eigenvalue weighted by Gasteiger charge is -2.31. The first kappa shape index (κ1) is 25.1. The third kappa shape index (κ3) is 4.53. The van der Waals surface area contributed by atoms with Gasteiger partial charge < -0.3 is 15.3 Å². The van der Waals surface area contributed by atoms with Gasteiger partial charge in [0.1, 0.15) is 0 Å². The molecule has 2 N–H and O–H groups in total. The van der Waals surface area contributed by atoms with Crippen LogP contribution in [0.15, 0.2) is 47.6 Å². The van der Waals surface area contributed by atoms with Gasteiger partial charge in [-0.3, -0.25) is 4.68 Å². The SMILES string of the molecule is Cc1ccc(S(=O)(=O)n2c(-c3cn(C)nc3C)cc3c(NC4CCN(C(=O)O)CC4)c(Cl)cnc32)cc1. The minimum atomic E-state index is -4.03. The van der Waals surface area contributed by atoms with E-state index in [0.29, 0.717) is 59.0 Å². The van der Waals surface area contributed by atoms with Crippen LogP contribution in [-0.2, 0) is 17.1 Å². The highest BCUT2D eigenvalue weighted by atomic mass is 35.5. The molecule has 0 aliphatic carbocycles. The van der Waals surface area contributed by atoms with Crippen LogP contribution in [0.25, 0.3) is 22.3 Å². The number of fused-ring (bicyclic) bond motifs is 1. The number of benzene rings is 1. The quantitative estimate of drug-likeness (QED) is 0.380. The van der Waals surface area contributed by atoms with E-state index in [1.807, 2.05) is 13.8 Å². The summed E-state index contributed by atoms with van der Waals surface area (Å²) >= 11 is 6.59. The Bertz CT molecular complexity index is 1600. The number of amides is 1. The van der Waals surface area contributed by atoms with Crippen LogP contribution in [0.3, 0.4) is 0 Å². The number of rotatable bonds is 5. The second-order valence-corrected chi connectivity index (χ2v) is 11.5. The van der Waals surface area contributed by atoms with Gasteiger partial charge in [0.05, 0.1) is 33.2 Å².